The van der Waals surface area contributed by atoms with E-state index in [1.807, 2.05) is 0 Å². The van der Waals surface area contributed by atoms with Crippen LogP contribution in [0, 0.1) is 99.1 Å². The monoisotopic (exact) mass is 1320 g/mol. The van der Waals surface area contributed by atoms with Crippen LogP contribution in [0.15, 0.2) is 0 Å². The Kier molecular flexibility index (Phi) is 20.9. The molecule has 12 bridgehead atoms. The van der Waals surface area contributed by atoms with E-state index in [1.165, 1.54) is 78.6 Å². The van der Waals surface area contributed by atoms with Gasteiger partial charge in [0.15, 0.2) is 26.0 Å². The summed E-state index contributed by atoms with van der Waals surface area (Å²) in [6, 6.07) is 0. The number of carbonyl (C=O) groups excluding carboxylic acids is 3. The summed E-state index contributed by atoms with van der Waals surface area (Å²) < 4.78 is 244. The molecular weight excluding hydrogens is 1220 g/mol. The zero-order valence-electron chi connectivity index (χ0n) is 52.9. The van der Waals surface area contributed by atoms with Crippen molar-refractivity contribution in [3.8, 4) is 0 Å². The van der Waals surface area contributed by atoms with Crippen molar-refractivity contribution < 1.29 is 109 Å². The molecule has 0 spiro atoms. The van der Waals surface area contributed by atoms with Gasteiger partial charge >= 0.3 is 29.8 Å². The van der Waals surface area contributed by atoms with Crippen molar-refractivity contribution >= 4 is 17.9 Å². The predicted octanol–water partition coefficient (Wildman–Crippen LogP) is 17.3. The molecule has 14 fully saturated rings. The first-order chi connectivity index (χ1) is 41.8. The molecule has 9 nitrogen and oxygen atoms in total. The summed E-state index contributed by atoms with van der Waals surface area (Å²) >= 11 is 0. The molecule has 0 aromatic rings. The van der Waals surface area contributed by atoms with Gasteiger partial charge in [-0.2, -0.15) is 0 Å². The molecule has 0 N–H and O–H groups in total. The summed E-state index contributed by atoms with van der Waals surface area (Å²) in [7, 11) is 0. The van der Waals surface area contributed by atoms with Gasteiger partial charge in [0.2, 0.25) is 11.3 Å². The average molecular weight is 1320 g/mol. The highest BCUT2D eigenvalue weighted by Gasteiger charge is 2.79. The van der Waals surface area contributed by atoms with Gasteiger partial charge in [0, 0.05) is 19.8 Å². The van der Waals surface area contributed by atoms with E-state index in [-0.39, 0.29) is 42.9 Å². The van der Waals surface area contributed by atoms with Crippen LogP contribution >= 0.6 is 0 Å². The van der Waals surface area contributed by atoms with Gasteiger partial charge in [0.25, 0.3) is 17.8 Å². The zero-order chi connectivity index (χ0) is 66.1. The molecule has 0 saturated heterocycles. The molecule has 90 heavy (non-hydrogen) atoms. The minimum absolute atomic E-state index is 0.0580. The van der Waals surface area contributed by atoms with Crippen molar-refractivity contribution in [1.82, 2.24) is 0 Å². The summed E-state index contributed by atoms with van der Waals surface area (Å²) in [6.45, 7) is 2.46. The number of esters is 3. The Bertz CT molecular complexity index is 2380. The lowest BCUT2D eigenvalue weighted by Gasteiger charge is -2.56. The molecule has 0 aromatic carbocycles. The van der Waals surface area contributed by atoms with Crippen molar-refractivity contribution in [3.05, 3.63) is 0 Å². The number of rotatable bonds is 24. The van der Waals surface area contributed by atoms with Crippen molar-refractivity contribution in [1.29, 1.82) is 0 Å². The fourth-order valence-electron chi connectivity index (χ4n) is 20.7. The number of ether oxygens (including phenoxy) is 6. The second-order valence-corrected chi connectivity index (χ2v) is 31.3. The summed E-state index contributed by atoms with van der Waals surface area (Å²) in [5.74, 6) is -29.1. The lowest BCUT2D eigenvalue weighted by atomic mass is 9.50. The lowest BCUT2D eigenvalue weighted by Crippen LogP contribution is -2.64. The van der Waals surface area contributed by atoms with Crippen molar-refractivity contribution in [2.75, 3.05) is 46.9 Å². The third kappa shape index (κ3) is 14.1. The predicted molar refractivity (Wildman–Crippen MR) is 299 cm³/mol. The van der Waals surface area contributed by atoms with Gasteiger partial charge in [0.1, 0.15) is 30.6 Å². The van der Waals surface area contributed by atoms with Crippen LogP contribution in [0.2, 0.25) is 0 Å². The van der Waals surface area contributed by atoms with Gasteiger partial charge in [-0.05, 0) is 236 Å². The van der Waals surface area contributed by atoms with Crippen molar-refractivity contribution in [2.24, 2.45) is 99.1 Å². The van der Waals surface area contributed by atoms with Gasteiger partial charge < -0.3 is 28.4 Å². The van der Waals surface area contributed by atoms with Crippen LogP contribution in [-0.2, 0) is 42.8 Å². The van der Waals surface area contributed by atoms with E-state index in [4.69, 9.17) is 28.4 Å². The maximum absolute atomic E-state index is 14.9. The highest BCUT2D eigenvalue weighted by molar-refractivity contribution is 5.75. The van der Waals surface area contributed by atoms with Gasteiger partial charge in [-0.1, -0.05) is 20.8 Å². The van der Waals surface area contributed by atoms with E-state index in [2.05, 4.69) is 0 Å². The van der Waals surface area contributed by atoms with Crippen molar-refractivity contribution in [3.63, 3.8) is 0 Å². The molecular formula is C66H95F15O9. The van der Waals surface area contributed by atoms with Crippen LogP contribution in [0.3, 0.4) is 0 Å². The standard InChI is InChI=1S/2C22H31F5O3.C22H33F5O3/c1-13-3-17(22(26,27)21(25,7-13)19(2,23)24)18(28)30-12-29-11-20-8-14-4-15(9-20)6-16(5-14)10-20;1-3-16-7-17(22(26,27)21(16,25)19(2,23)24)18(28)30-12-29-11-20-8-13-4-14(9-20)6-15(5-13)10-20;1-3-17(24)7-18(22(26,27)20(2,25)11-23)19(28)30-13-29-12-21-8-14-4-15(9-21)6-16(5-14)10-21/h2*13-17H,3-12H2,1-2H3;14-18H,3-13H2,1-2H3. The van der Waals surface area contributed by atoms with Crippen LogP contribution in [0.1, 0.15) is 196 Å². The Morgan fingerprint density at radius 2 is 0.833 bits per heavy atom. The van der Waals surface area contributed by atoms with Crippen LogP contribution in [0.5, 0.6) is 0 Å². The Labute approximate surface area is 519 Å². The molecule has 518 valence electrons. The average Bonchev–Trinajstić information content (AvgIpc) is 1.62. The van der Waals surface area contributed by atoms with E-state index >= 15 is 0 Å². The topological polar surface area (TPSA) is 107 Å². The molecule has 0 aromatic heterocycles. The highest BCUT2D eigenvalue weighted by Crippen LogP contribution is 2.65. The number of halogens is 15. The van der Waals surface area contributed by atoms with E-state index < -0.39 is 153 Å². The smallest absolute Gasteiger partial charge is 0.317 e. The zero-order valence-corrected chi connectivity index (χ0v) is 52.9. The fourth-order valence-corrected chi connectivity index (χ4v) is 20.7. The van der Waals surface area contributed by atoms with Crippen LogP contribution in [0.4, 0.5) is 65.9 Å². The Morgan fingerprint density at radius 3 is 1.13 bits per heavy atom. The first-order valence-corrected chi connectivity index (χ1v) is 33.2. The van der Waals surface area contributed by atoms with Gasteiger partial charge in [-0.3, -0.25) is 14.4 Å². The second kappa shape index (κ2) is 26.3. The number of alkyl halides is 15. The minimum atomic E-state index is -4.52. The third-order valence-corrected chi connectivity index (χ3v) is 23.8. The molecule has 0 radical (unpaired) electrons. The van der Waals surface area contributed by atoms with E-state index in [1.54, 1.807) is 0 Å². The number of hydrogen-bond acceptors (Lipinski definition) is 9. The van der Waals surface area contributed by atoms with Crippen LogP contribution < -0.4 is 0 Å². The van der Waals surface area contributed by atoms with E-state index in [9.17, 15) is 80.2 Å². The third-order valence-electron chi connectivity index (χ3n) is 23.8. The first kappa shape index (κ1) is 71.5. The largest absolute Gasteiger partial charge is 0.438 e. The van der Waals surface area contributed by atoms with E-state index in [0.717, 1.165) is 93.3 Å². The summed E-state index contributed by atoms with van der Waals surface area (Å²) in [6.07, 6.45) is 16.1. The molecule has 0 heterocycles. The second-order valence-electron chi connectivity index (χ2n) is 31.3. The highest BCUT2D eigenvalue weighted by atomic mass is 19.3. The summed E-state index contributed by atoms with van der Waals surface area (Å²) in [5, 5.41) is 0. The molecule has 14 saturated carbocycles. The molecule has 9 atom stereocenters. The molecule has 0 amide bonds. The Hall–Kier alpha value is -2.76. The van der Waals surface area contributed by atoms with Gasteiger partial charge in [0.05, 0.1) is 19.8 Å². The molecule has 24 heteroatoms. The van der Waals surface area contributed by atoms with E-state index in [0.29, 0.717) is 44.5 Å². The van der Waals surface area contributed by atoms with Crippen molar-refractivity contribution in [2.45, 2.75) is 248 Å². The fraction of sp³-hybridized carbons (Fsp3) is 0.955. The van der Waals surface area contributed by atoms with Gasteiger partial charge in [-0.25, -0.2) is 65.9 Å². The molecule has 14 rings (SSSR count). The Morgan fingerprint density at radius 1 is 0.489 bits per heavy atom. The number of carbonyl (C=O) groups is 3. The Balaban J connectivity index is 0.000000160. The quantitative estimate of drug-likeness (QED) is 0.0307. The number of hydrogen-bond donors (Lipinski definition) is 0. The summed E-state index contributed by atoms with van der Waals surface area (Å²) in [4.78, 5) is 36.9. The molecule has 14 aliphatic carbocycles. The van der Waals surface area contributed by atoms with Gasteiger partial charge in [-0.15, -0.1) is 0 Å². The normalized spacial score (nSPS) is 41.2. The van der Waals surface area contributed by atoms with Crippen LogP contribution in [0.25, 0.3) is 0 Å². The molecule has 9 unspecified atom stereocenters. The van der Waals surface area contributed by atoms with Crippen LogP contribution in [-0.4, -0.2) is 118 Å². The maximum Gasteiger partial charge on any atom is 0.317 e. The summed E-state index contributed by atoms with van der Waals surface area (Å²) in [5.41, 5.74) is -11.5. The maximum atomic E-state index is 14.9. The SMILES string of the molecule is CC1CC(C(=O)OCOCC23CC4CC(CC(C4)C2)C3)C(F)(F)C(F)(C(C)(F)F)C1.CCC(F)CC(C(=O)OCOCC12CC3CC(CC(C3)C1)C2)C(F)(F)C(C)(F)CF.CCC1CC(C(=O)OCOCC23CC4CC(CC(C4)C2)C3)C(F)(F)C1(F)C(C)(F)F. The molecule has 0 aliphatic heterocycles. The minimum Gasteiger partial charge on any atom is -0.438 e. The first-order valence-electron chi connectivity index (χ1n) is 33.2. The lowest BCUT2D eigenvalue weighted by molar-refractivity contribution is -0.284. The molecule has 14 aliphatic rings.